The van der Waals surface area contributed by atoms with Crippen LogP contribution >= 0.6 is 0 Å². The van der Waals surface area contributed by atoms with Gasteiger partial charge < -0.3 is 4.74 Å². The number of benzene rings is 1. The summed E-state index contributed by atoms with van der Waals surface area (Å²) in [6.07, 6.45) is 2.90. The van der Waals surface area contributed by atoms with Crippen molar-refractivity contribution in [1.29, 1.82) is 0 Å². The highest BCUT2D eigenvalue weighted by Crippen LogP contribution is 2.65. The minimum Gasteiger partial charge on any atom is -0.426 e. The van der Waals surface area contributed by atoms with Crippen LogP contribution in [0.1, 0.15) is 64.0 Å². The maximum Gasteiger partial charge on any atom is 0.321 e. The van der Waals surface area contributed by atoms with Crippen molar-refractivity contribution in [2.24, 2.45) is 16.7 Å². The molecule has 2 fully saturated rings. The lowest BCUT2D eigenvalue weighted by molar-refractivity contribution is -0.143. The van der Waals surface area contributed by atoms with E-state index < -0.39 is 5.41 Å². The molecule has 2 bridgehead atoms. The topological polar surface area (TPSA) is 26.3 Å². The molecule has 124 valence electrons. The van der Waals surface area contributed by atoms with Gasteiger partial charge in [0.1, 0.15) is 5.75 Å². The molecule has 1 aromatic carbocycles. The Kier molecular flexibility index (Phi) is 3.70. The predicted octanol–water partition coefficient (Wildman–Crippen LogP) is 5.41. The Morgan fingerprint density at radius 2 is 2.04 bits per heavy atom. The summed E-state index contributed by atoms with van der Waals surface area (Å²) in [5, 5.41) is 0. The fourth-order valence-electron chi connectivity index (χ4n) is 4.51. The zero-order valence-electron chi connectivity index (χ0n) is 15.0. The van der Waals surface area contributed by atoms with Crippen molar-refractivity contribution in [2.75, 3.05) is 0 Å². The van der Waals surface area contributed by atoms with Gasteiger partial charge in [-0.3, -0.25) is 4.79 Å². The summed E-state index contributed by atoms with van der Waals surface area (Å²) in [6, 6.07) is 6.14. The summed E-state index contributed by atoms with van der Waals surface area (Å²) in [4.78, 5) is 13.1. The minimum atomic E-state index is -0.466. The largest absolute Gasteiger partial charge is 0.426 e. The van der Waals surface area contributed by atoms with E-state index in [1.807, 2.05) is 13.0 Å². The number of ether oxygens (including phenoxy) is 1. The second kappa shape index (κ2) is 5.22. The number of esters is 1. The Labute approximate surface area is 139 Å². The van der Waals surface area contributed by atoms with E-state index in [2.05, 4.69) is 46.4 Å². The van der Waals surface area contributed by atoms with E-state index in [1.54, 1.807) is 0 Å². The molecule has 0 N–H and O–H groups in total. The lowest BCUT2D eigenvalue weighted by Gasteiger charge is -2.36. The zero-order chi connectivity index (χ0) is 17.0. The highest BCUT2D eigenvalue weighted by Gasteiger charge is 2.61. The molecule has 3 rings (SSSR count). The Morgan fingerprint density at radius 1 is 1.35 bits per heavy atom. The van der Waals surface area contributed by atoms with Crippen LogP contribution in [0.3, 0.4) is 0 Å². The van der Waals surface area contributed by atoms with Crippen molar-refractivity contribution in [3.8, 4) is 5.75 Å². The van der Waals surface area contributed by atoms with Gasteiger partial charge in [0.25, 0.3) is 0 Å². The quantitative estimate of drug-likeness (QED) is 0.424. The normalized spacial score (nSPS) is 28.4. The Bertz CT molecular complexity index is 668. The van der Waals surface area contributed by atoms with Crippen LogP contribution < -0.4 is 4.74 Å². The molecule has 0 spiro atoms. The predicted molar refractivity (Wildman–Crippen MR) is 93.6 cm³/mol. The lowest BCUT2D eigenvalue weighted by atomic mass is 9.68. The summed E-state index contributed by atoms with van der Waals surface area (Å²) < 4.78 is 5.96. The molecule has 2 unspecified atom stereocenters. The van der Waals surface area contributed by atoms with Gasteiger partial charge in [-0.1, -0.05) is 52.0 Å². The number of hydrogen-bond acceptors (Lipinski definition) is 2. The molecule has 2 heteroatoms. The number of aryl methyl sites for hydroxylation is 1. The van der Waals surface area contributed by atoms with Crippen LogP contribution in [0.2, 0.25) is 0 Å². The summed E-state index contributed by atoms with van der Waals surface area (Å²) in [5.74, 6) is 1.52. The first-order valence-corrected chi connectivity index (χ1v) is 8.71. The van der Waals surface area contributed by atoms with Gasteiger partial charge in [-0.15, -0.1) is 0 Å². The number of hydrogen-bond donors (Lipinski definition) is 0. The Hall–Kier alpha value is -1.57. The first kappa shape index (κ1) is 16.3. The van der Waals surface area contributed by atoms with Crippen LogP contribution in [-0.4, -0.2) is 5.97 Å². The molecule has 0 amide bonds. The van der Waals surface area contributed by atoms with Gasteiger partial charge >= 0.3 is 5.97 Å². The third kappa shape index (κ3) is 2.34. The molecular formula is C21H28O2. The van der Waals surface area contributed by atoms with E-state index >= 15 is 0 Å². The van der Waals surface area contributed by atoms with Crippen molar-refractivity contribution in [1.82, 2.24) is 0 Å². The van der Waals surface area contributed by atoms with Crippen molar-refractivity contribution in [3.05, 3.63) is 41.5 Å². The highest BCUT2D eigenvalue weighted by atomic mass is 16.5. The van der Waals surface area contributed by atoms with Crippen LogP contribution in [0.4, 0.5) is 0 Å². The van der Waals surface area contributed by atoms with Crippen molar-refractivity contribution < 1.29 is 9.53 Å². The molecule has 2 aliphatic rings. The van der Waals surface area contributed by atoms with E-state index in [-0.39, 0.29) is 11.4 Å². The second-order valence-electron chi connectivity index (χ2n) is 8.31. The molecule has 2 atom stereocenters. The van der Waals surface area contributed by atoms with E-state index in [0.29, 0.717) is 11.8 Å². The van der Waals surface area contributed by atoms with Crippen molar-refractivity contribution in [2.45, 2.75) is 59.8 Å². The van der Waals surface area contributed by atoms with Gasteiger partial charge in [0.05, 0.1) is 5.41 Å². The van der Waals surface area contributed by atoms with Gasteiger partial charge in [0, 0.05) is 0 Å². The first-order valence-electron chi connectivity index (χ1n) is 8.71. The maximum absolute atomic E-state index is 13.1. The van der Waals surface area contributed by atoms with Gasteiger partial charge in [-0.05, 0) is 60.6 Å². The molecule has 0 saturated heterocycles. The van der Waals surface area contributed by atoms with Crippen LogP contribution in [0, 0.1) is 23.7 Å². The SMILES string of the molecule is C=C1C2(C(=O)Oc3cc(C)ccc3C(C)C)CCC(C2)C1(C)C. The number of carbonyl (C=O) groups excluding carboxylic acids is 1. The van der Waals surface area contributed by atoms with Crippen LogP contribution in [0.5, 0.6) is 5.75 Å². The molecule has 0 aliphatic heterocycles. The van der Waals surface area contributed by atoms with E-state index in [1.165, 1.54) is 0 Å². The maximum atomic E-state index is 13.1. The van der Waals surface area contributed by atoms with Crippen molar-refractivity contribution >= 4 is 5.97 Å². The standard InChI is InChI=1S/C21H28O2/c1-13(2)17-8-7-14(3)11-18(17)23-19(22)21-10-9-16(12-21)20(5,6)15(21)4/h7-8,11,13,16H,4,9-10,12H2,1-3,5-6H3. The molecule has 2 saturated carbocycles. The third-order valence-electron chi connectivity index (χ3n) is 6.27. The highest BCUT2D eigenvalue weighted by molar-refractivity contribution is 5.84. The van der Waals surface area contributed by atoms with Crippen LogP contribution in [0.15, 0.2) is 30.4 Å². The number of fused-ring (bicyclic) bond motifs is 2. The monoisotopic (exact) mass is 312 g/mol. The smallest absolute Gasteiger partial charge is 0.321 e. The average molecular weight is 312 g/mol. The molecular weight excluding hydrogens is 284 g/mol. The summed E-state index contributed by atoms with van der Waals surface area (Å²) in [6.45, 7) is 15.0. The second-order valence-corrected chi connectivity index (χ2v) is 8.31. The van der Waals surface area contributed by atoms with Crippen LogP contribution in [0.25, 0.3) is 0 Å². The fourth-order valence-corrected chi connectivity index (χ4v) is 4.51. The minimum absolute atomic E-state index is 0.0464. The van der Waals surface area contributed by atoms with Crippen LogP contribution in [-0.2, 0) is 4.79 Å². The lowest BCUT2D eigenvalue weighted by Crippen LogP contribution is -2.36. The van der Waals surface area contributed by atoms with E-state index in [4.69, 9.17) is 4.74 Å². The third-order valence-corrected chi connectivity index (χ3v) is 6.27. The molecule has 2 aliphatic carbocycles. The first-order chi connectivity index (χ1) is 10.7. The van der Waals surface area contributed by atoms with E-state index in [0.717, 1.165) is 41.7 Å². The van der Waals surface area contributed by atoms with Gasteiger partial charge in [0.15, 0.2) is 0 Å². The summed E-state index contributed by atoms with van der Waals surface area (Å²) in [7, 11) is 0. The average Bonchev–Trinajstić information content (AvgIpc) is 2.99. The van der Waals surface area contributed by atoms with Gasteiger partial charge in [0.2, 0.25) is 0 Å². The Balaban J connectivity index is 1.92. The zero-order valence-corrected chi connectivity index (χ0v) is 15.0. The molecule has 1 aromatic rings. The summed E-state index contributed by atoms with van der Waals surface area (Å²) >= 11 is 0. The van der Waals surface area contributed by atoms with E-state index in [9.17, 15) is 4.79 Å². The fraction of sp³-hybridized carbons (Fsp3) is 0.571. The van der Waals surface area contributed by atoms with Gasteiger partial charge in [-0.25, -0.2) is 0 Å². The Morgan fingerprint density at radius 3 is 2.61 bits per heavy atom. The molecule has 0 aromatic heterocycles. The molecule has 2 nitrogen and oxygen atoms in total. The molecule has 23 heavy (non-hydrogen) atoms. The molecule has 0 heterocycles. The number of carbonyl (C=O) groups is 1. The van der Waals surface area contributed by atoms with Gasteiger partial charge in [-0.2, -0.15) is 0 Å². The number of rotatable bonds is 3. The molecule has 0 radical (unpaired) electrons. The van der Waals surface area contributed by atoms with Crippen molar-refractivity contribution in [3.63, 3.8) is 0 Å². The summed E-state index contributed by atoms with van der Waals surface area (Å²) in [5.41, 5.74) is 2.86.